The maximum absolute atomic E-state index is 5.36. The lowest BCUT2D eigenvalue weighted by atomic mass is 9.90. The Hall–Kier alpha value is -1.12. The topological polar surface area (TPSA) is 35.0 Å². The van der Waals surface area contributed by atoms with E-state index >= 15 is 0 Å². The summed E-state index contributed by atoms with van der Waals surface area (Å²) in [5.74, 6) is 1.19. The number of nitrogens with zero attached hydrogens (tertiary/aromatic N) is 2. The summed E-state index contributed by atoms with van der Waals surface area (Å²) in [5.41, 5.74) is 2.15. The molecule has 0 bridgehead atoms. The summed E-state index contributed by atoms with van der Waals surface area (Å²) < 4.78 is 5.36. The standard InChI is InChI=1S/C13H22N2O/c1-9(2)12-11(16-6)7-10(14-15-12)8-13(3,4)5/h7,9H,8H2,1-6H3. The first-order valence-corrected chi connectivity index (χ1v) is 5.74. The molecular weight excluding hydrogens is 200 g/mol. The molecule has 16 heavy (non-hydrogen) atoms. The molecule has 1 heterocycles. The van der Waals surface area contributed by atoms with Crippen molar-refractivity contribution >= 4 is 0 Å². The lowest BCUT2D eigenvalue weighted by Gasteiger charge is -2.18. The Labute approximate surface area is 98.2 Å². The number of ether oxygens (including phenoxy) is 1. The minimum absolute atomic E-state index is 0.221. The lowest BCUT2D eigenvalue weighted by molar-refractivity contribution is 0.387. The molecule has 0 radical (unpaired) electrons. The molecule has 0 unspecified atom stereocenters. The van der Waals surface area contributed by atoms with Gasteiger partial charge in [-0.1, -0.05) is 34.6 Å². The summed E-state index contributed by atoms with van der Waals surface area (Å²) in [4.78, 5) is 0. The molecule has 0 saturated carbocycles. The van der Waals surface area contributed by atoms with Crippen LogP contribution >= 0.6 is 0 Å². The van der Waals surface area contributed by atoms with E-state index in [-0.39, 0.29) is 5.41 Å². The van der Waals surface area contributed by atoms with Crippen molar-refractivity contribution < 1.29 is 4.74 Å². The highest BCUT2D eigenvalue weighted by Crippen LogP contribution is 2.26. The molecule has 3 heteroatoms. The number of methoxy groups -OCH3 is 1. The van der Waals surface area contributed by atoms with E-state index in [1.807, 2.05) is 6.07 Å². The Balaban J connectivity index is 3.00. The van der Waals surface area contributed by atoms with Crippen molar-refractivity contribution in [1.82, 2.24) is 10.2 Å². The largest absolute Gasteiger partial charge is 0.495 e. The van der Waals surface area contributed by atoms with Gasteiger partial charge in [-0.2, -0.15) is 10.2 Å². The van der Waals surface area contributed by atoms with Gasteiger partial charge < -0.3 is 4.74 Å². The van der Waals surface area contributed by atoms with Crippen LogP contribution in [0.25, 0.3) is 0 Å². The minimum atomic E-state index is 0.221. The molecule has 0 atom stereocenters. The maximum atomic E-state index is 5.36. The molecule has 0 saturated heterocycles. The van der Waals surface area contributed by atoms with Crippen molar-refractivity contribution in [2.45, 2.75) is 47.0 Å². The second kappa shape index (κ2) is 4.81. The molecule has 0 amide bonds. The van der Waals surface area contributed by atoms with Gasteiger partial charge in [0.25, 0.3) is 0 Å². The van der Waals surface area contributed by atoms with Crippen LogP contribution < -0.4 is 4.74 Å². The Bertz CT molecular complexity index is 353. The van der Waals surface area contributed by atoms with E-state index in [2.05, 4.69) is 44.8 Å². The van der Waals surface area contributed by atoms with Gasteiger partial charge in [0.15, 0.2) is 0 Å². The second-order valence-electron chi connectivity index (χ2n) is 5.68. The van der Waals surface area contributed by atoms with Crippen LogP contribution in [0.2, 0.25) is 0 Å². The van der Waals surface area contributed by atoms with Crippen LogP contribution in [0, 0.1) is 5.41 Å². The third kappa shape index (κ3) is 3.47. The Morgan fingerprint density at radius 1 is 1.25 bits per heavy atom. The number of hydrogen-bond acceptors (Lipinski definition) is 3. The highest BCUT2D eigenvalue weighted by Gasteiger charge is 2.16. The molecule has 0 aliphatic heterocycles. The summed E-state index contributed by atoms with van der Waals surface area (Å²) >= 11 is 0. The molecule has 0 spiro atoms. The summed E-state index contributed by atoms with van der Waals surface area (Å²) in [6.45, 7) is 10.8. The quantitative estimate of drug-likeness (QED) is 0.787. The molecule has 1 aromatic heterocycles. The SMILES string of the molecule is COc1cc(CC(C)(C)C)nnc1C(C)C. The van der Waals surface area contributed by atoms with Crippen LogP contribution in [-0.4, -0.2) is 17.3 Å². The first-order chi connectivity index (χ1) is 7.33. The Morgan fingerprint density at radius 3 is 2.31 bits per heavy atom. The van der Waals surface area contributed by atoms with Crippen molar-refractivity contribution in [1.29, 1.82) is 0 Å². The van der Waals surface area contributed by atoms with Crippen LogP contribution in [0.1, 0.15) is 51.9 Å². The van der Waals surface area contributed by atoms with Gasteiger partial charge in [0.1, 0.15) is 11.4 Å². The van der Waals surface area contributed by atoms with Crippen molar-refractivity contribution in [2.24, 2.45) is 5.41 Å². The second-order valence-corrected chi connectivity index (χ2v) is 5.68. The van der Waals surface area contributed by atoms with Crippen LogP contribution in [-0.2, 0) is 6.42 Å². The predicted molar refractivity (Wildman–Crippen MR) is 65.8 cm³/mol. The van der Waals surface area contributed by atoms with Gasteiger partial charge in [-0.3, -0.25) is 0 Å². The molecule has 0 aliphatic carbocycles. The minimum Gasteiger partial charge on any atom is -0.495 e. The molecule has 1 aromatic rings. The Morgan fingerprint density at radius 2 is 1.88 bits per heavy atom. The predicted octanol–water partition coefficient (Wildman–Crippen LogP) is 3.20. The van der Waals surface area contributed by atoms with Crippen molar-refractivity contribution in [3.63, 3.8) is 0 Å². The fourth-order valence-electron chi connectivity index (χ4n) is 1.61. The van der Waals surface area contributed by atoms with Crippen molar-refractivity contribution in [3.8, 4) is 5.75 Å². The first kappa shape index (κ1) is 12.9. The molecule has 1 rings (SSSR count). The summed E-state index contributed by atoms with van der Waals surface area (Å²) in [5, 5.41) is 8.52. The van der Waals surface area contributed by atoms with E-state index in [0.717, 1.165) is 23.6 Å². The molecule has 0 aliphatic rings. The summed E-state index contributed by atoms with van der Waals surface area (Å²) in [6, 6.07) is 2.01. The molecule has 0 N–H and O–H groups in total. The van der Waals surface area contributed by atoms with E-state index in [1.165, 1.54) is 0 Å². The van der Waals surface area contributed by atoms with Gasteiger partial charge >= 0.3 is 0 Å². The fourth-order valence-corrected chi connectivity index (χ4v) is 1.61. The lowest BCUT2D eigenvalue weighted by Crippen LogP contribution is -2.12. The van der Waals surface area contributed by atoms with E-state index in [0.29, 0.717) is 5.92 Å². The Kier molecular flexibility index (Phi) is 3.89. The van der Waals surface area contributed by atoms with E-state index in [9.17, 15) is 0 Å². The van der Waals surface area contributed by atoms with E-state index in [1.54, 1.807) is 7.11 Å². The van der Waals surface area contributed by atoms with Gasteiger partial charge in [0.05, 0.1) is 12.8 Å². The van der Waals surface area contributed by atoms with Crippen molar-refractivity contribution in [3.05, 3.63) is 17.5 Å². The van der Waals surface area contributed by atoms with Crippen LogP contribution in [0.3, 0.4) is 0 Å². The average Bonchev–Trinajstić information content (AvgIpc) is 2.14. The van der Waals surface area contributed by atoms with Gasteiger partial charge in [-0.05, 0) is 11.8 Å². The van der Waals surface area contributed by atoms with Gasteiger partial charge in [-0.15, -0.1) is 0 Å². The van der Waals surface area contributed by atoms with Gasteiger partial charge in [-0.25, -0.2) is 0 Å². The fraction of sp³-hybridized carbons (Fsp3) is 0.692. The summed E-state index contributed by atoms with van der Waals surface area (Å²) in [7, 11) is 1.68. The van der Waals surface area contributed by atoms with Crippen LogP contribution in [0.5, 0.6) is 5.75 Å². The highest BCUT2D eigenvalue weighted by atomic mass is 16.5. The zero-order valence-electron chi connectivity index (χ0n) is 11.2. The number of aromatic nitrogens is 2. The molecule has 90 valence electrons. The third-order valence-corrected chi connectivity index (χ3v) is 2.31. The average molecular weight is 222 g/mol. The van der Waals surface area contributed by atoms with E-state index < -0.39 is 0 Å². The molecule has 3 nitrogen and oxygen atoms in total. The third-order valence-electron chi connectivity index (χ3n) is 2.31. The van der Waals surface area contributed by atoms with E-state index in [4.69, 9.17) is 4.74 Å². The monoisotopic (exact) mass is 222 g/mol. The molecule has 0 aromatic carbocycles. The van der Waals surface area contributed by atoms with Gasteiger partial charge in [0.2, 0.25) is 0 Å². The molecule has 0 fully saturated rings. The van der Waals surface area contributed by atoms with Crippen molar-refractivity contribution in [2.75, 3.05) is 7.11 Å². The normalized spacial score (nSPS) is 11.9. The smallest absolute Gasteiger partial charge is 0.144 e. The highest BCUT2D eigenvalue weighted by molar-refractivity contribution is 5.30. The maximum Gasteiger partial charge on any atom is 0.144 e. The number of hydrogen-bond donors (Lipinski definition) is 0. The van der Waals surface area contributed by atoms with Crippen LogP contribution in [0.15, 0.2) is 6.07 Å². The van der Waals surface area contributed by atoms with Crippen LogP contribution in [0.4, 0.5) is 0 Å². The molecular formula is C13H22N2O. The van der Waals surface area contributed by atoms with Gasteiger partial charge in [0, 0.05) is 12.0 Å². The first-order valence-electron chi connectivity index (χ1n) is 5.74. The number of rotatable bonds is 3. The zero-order chi connectivity index (χ0) is 12.3. The summed E-state index contributed by atoms with van der Waals surface area (Å²) in [6.07, 6.45) is 0.911. The zero-order valence-corrected chi connectivity index (χ0v) is 11.2.